The number of methoxy groups -OCH3 is 2. The lowest BCUT2D eigenvalue weighted by Crippen LogP contribution is -2.42. The Morgan fingerprint density at radius 1 is 1.04 bits per heavy atom. The summed E-state index contributed by atoms with van der Waals surface area (Å²) in [5, 5.41) is 14.0. The van der Waals surface area contributed by atoms with E-state index in [4.69, 9.17) is 4.74 Å². The quantitative estimate of drug-likeness (QED) is 0.757. The Labute approximate surface area is 154 Å². The van der Waals surface area contributed by atoms with Crippen molar-refractivity contribution in [2.24, 2.45) is 11.8 Å². The first-order chi connectivity index (χ1) is 12.3. The van der Waals surface area contributed by atoms with E-state index in [9.17, 15) is 24.3 Å². The van der Waals surface area contributed by atoms with Gasteiger partial charge in [0.05, 0.1) is 19.8 Å². The second kappa shape index (κ2) is 8.31. The van der Waals surface area contributed by atoms with E-state index in [2.05, 4.69) is 10.1 Å². The zero-order valence-electron chi connectivity index (χ0n) is 14.7. The van der Waals surface area contributed by atoms with Crippen molar-refractivity contribution < 1.29 is 33.8 Å². The fraction of sp³-hybridized carbons (Fsp3) is 0.529. The molecule has 2 rings (SSSR count). The number of carboxylic acid groups (broad SMARTS) is 1. The molecule has 0 radical (unpaired) electrons. The third-order valence-corrected chi connectivity index (χ3v) is 5.74. The normalized spacial score (nSPS) is 19.5. The van der Waals surface area contributed by atoms with Gasteiger partial charge in [-0.3, -0.25) is 4.79 Å². The van der Waals surface area contributed by atoms with Crippen molar-refractivity contribution in [1.29, 1.82) is 0 Å². The van der Waals surface area contributed by atoms with Crippen LogP contribution < -0.4 is 10.4 Å². The van der Waals surface area contributed by atoms with Crippen molar-refractivity contribution in [3.63, 3.8) is 0 Å². The Bertz CT molecular complexity index is 740. The smallest absolute Gasteiger partial charge is 0.348 e. The third-order valence-electron chi connectivity index (χ3n) is 4.55. The number of ether oxygens (including phenoxy) is 2. The number of anilines is 1. The zero-order valence-corrected chi connectivity index (χ0v) is 15.6. The highest BCUT2D eigenvalue weighted by atomic mass is 32.1. The van der Waals surface area contributed by atoms with Gasteiger partial charge in [-0.15, -0.1) is 11.3 Å². The van der Waals surface area contributed by atoms with Crippen LogP contribution in [0.15, 0.2) is 0 Å². The van der Waals surface area contributed by atoms with E-state index < -0.39 is 35.7 Å². The SMILES string of the molecule is COC(=O)c1sc(NC(=O)[C@H]2CCCC[C@@H]2C(=O)[O-])c(C(=O)OC)c1C. The van der Waals surface area contributed by atoms with Crippen LogP contribution >= 0.6 is 11.3 Å². The van der Waals surface area contributed by atoms with Gasteiger partial charge in [0, 0.05) is 17.8 Å². The fourth-order valence-electron chi connectivity index (χ4n) is 3.17. The first-order valence-corrected chi connectivity index (χ1v) is 8.95. The summed E-state index contributed by atoms with van der Waals surface area (Å²) >= 11 is 0.894. The van der Waals surface area contributed by atoms with Crippen LogP contribution in [-0.2, 0) is 19.1 Å². The molecule has 1 heterocycles. The van der Waals surface area contributed by atoms with Crippen LogP contribution in [0.1, 0.15) is 51.3 Å². The molecule has 1 amide bonds. The highest BCUT2D eigenvalue weighted by Gasteiger charge is 2.34. The van der Waals surface area contributed by atoms with Gasteiger partial charge in [-0.25, -0.2) is 9.59 Å². The molecule has 0 spiro atoms. The lowest BCUT2D eigenvalue weighted by Gasteiger charge is -2.31. The van der Waals surface area contributed by atoms with Crippen molar-refractivity contribution in [1.82, 2.24) is 0 Å². The lowest BCUT2D eigenvalue weighted by molar-refractivity contribution is -0.313. The average molecular weight is 382 g/mol. The summed E-state index contributed by atoms with van der Waals surface area (Å²) in [5.74, 6) is -4.72. The molecule has 1 aromatic heterocycles. The maximum atomic E-state index is 12.6. The van der Waals surface area contributed by atoms with Gasteiger partial charge in [-0.05, 0) is 25.3 Å². The van der Waals surface area contributed by atoms with Crippen LogP contribution in [-0.4, -0.2) is 38.0 Å². The minimum Gasteiger partial charge on any atom is -0.550 e. The van der Waals surface area contributed by atoms with Crippen LogP contribution in [0.5, 0.6) is 0 Å². The molecule has 142 valence electrons. The van der Waals surface area contributed by atoms with Gasteiger partial charge < -0.3 is 24.7 Å². The van der Waals surface area contributed by atoms with Gasteiger partial charge in [0.15, 0.2) is 0 Å². The first kappa shape index (κ1) is 19.9. The van der Waals surface area contributed by atoms with Gasteiger partial charge in [0.25, 0.3) is 0 Å². The van der Waals surface area contributed by atoms with Crippen molar-refractivity contribution >= 4 is 40.2 Å². The summed E-state index contributed by atoms with van der Waals surface area (Å²) in [6.45, 7) is 1.55. The Hall–Kier alpha value is -2.42. The molecule has 0 unspecified atom stereocenters. The Balaban J connectivity index is 2.35. The van der Waals surface area contributed by atoms with Gasteiger partial charge in [-0.2, -0.15) is 0 Å². The molecule has 1 fully saturated rings. The van der Waals surface area contributed by atoms with E-state index in [1.165, 1.54) is 14.2 Å². The van der Waals surface area contributed by atoms with E-state index in [-0.39, 0.29) is 15.4 Å². The Morgan fingerprint density at radius 2 is 1.62 bits per heavy atom. The van der Waals surface area contributed by atoms with E-state index in [1.54, 1.807) is 6.92 Å². The summed E-state index contributed by atoms with van der Waals surface area (Å²) in [7, 11) is 2.40. The van der Waals surface area contributed by atoms with Crippen LogP contribution in [0.3, 0.4) is 0 Å². The molecule has 0 aliphatic heterocycles. The second-order valence-electron chi connectivity index (χ2n) is 6.05. The molecule has 1 aliphatic carbocycles. The van der Waals surface area contributed by atoms with Crippen molar-refractivity contribution in [2.75, 3.05) is 19.5 Å². The van der Waals surface area contributed by atoms with E-state index in [0.29, 0.717) is 18.4 Å². The highest BCUT2D eigenvalue weighted by molar-refractivity contribution is 7.18. The minimum atomic E-state index is -1.25. The van der Waals surface area contributed by atoms with Crippen LogP contribution in [0.2, 0.25) is 0 Å². The number of esters is 2. The van der Waals surface area contributed by atoms with Gasteiger partial charge in [-0.1, -0.05) is 12.8 Å². The molecule has 1 saturated carbocycles. The Kier molecular flexibility index (Phi) is 6.36. The summed E-state index contributed by atoms with van der Waals surface area (Å²) in [6.07, 6.45) is 2.26. The fourth-order valence-corrected chi connectivity index (χ4v) is 4.28. The van der Waals surface area contributed by atoms with Crippen molar-refractivity contribution in [3.8, 4) is 0 Å². The second-order valence-corrected chi connectivity index (χ2v) is 7.07. The summed E-state index contributed by atoms with van der Waals surface area (Å²) < 4.78 is 9.42. The maximum Gasteiger partial charge on any atom is 0.348 e. The third kappa shape index (κ3) is 3.87. The average Bonchev–Trinajstić information content (AvgIpc) is 2.96. The summed E-state index contributed by atoms with van der Waals surface area (Å²) in [4.78, 5) is 48.1. The number of carboxylic acids is 1. The number of carbonyl (C=O) groups excluding carboxylic acids is 4. The molecule has 1 aliphatic rings. The topological polar surface area (TPSA) is 122 Å². The number of thiophene rings is 1. The van der Waals surface area contributed by atoms with E-state index >= 15 is 0 Å². The number of aliphatic carboxylic acids is 1. The molecular formula is C17H20NO7S-. The largest absolute Gasteiger partial charge is 0.550 e. The first-order valence-electron chi connectivity index (χ1n) is 8.13. The van der Waals surface area contributed by atoms with Crippen molar-refractivity contribution in [3.05, 3.63) is 16.0 Å². The van der Waals surface area contributed by atoms with Gasteiger partial charge >= 0.3 is 11.9 Å². The minimum absolute atomic E-state index is 0.0621. The van der Waals surface area contributed by atoms with Crippen LogP contribution in [0.25, 0.3) is 0 Å². The van der Waals surface area contributed by atoms with Gasteiger partial charge in [0.2, 0.25) is 5.91 Å². The Morgan fingerprint density at radius 3 is 2.15 bits per heavy atom. The number of nitrogens with one attached hydrogen (secondary N) is 1. The molecule has 0 saturated heterocycles. The van der Waals surface area contributed by atoms with E-state index in [1.807, 2.05) is 0 Å². The summed E-state index contributed by atoms with van der Waals surface area (Å²) in [5.41, 5.74) is 0.399. The molecule has 2 atom stereocenters. The summed E-state index contributed by atoms with van der Waals surface area (Å²) in [6, 6.07) is 0. The molecule has 0 aromatic carbocycles. The molecule has 9 heteroatoms. The number of hydrogen-bond donors (Lipinski definition) is 1. The molecule has 8 nitrogen and oxygen atoms in total. The van der Waals surface area contributed by atoms with Crippen LogP contribution in [0.4, 0.5) is 5.00 Å². The predicted octanol–water partition coefficient (Wildman–Crippen LogP) is 1.12. The number of rotatable bonds is 5. The molecule has 0 bridgehead atoms. The molecule has 1 N–H and O–H groups in total. The number of amides is 1. The zero-order chi connectivity index (χ0) is 19.4. The lowest BCUT2D eigenvalue weighted by atomic mass is 9.79. The van der Waals surface area contributed by atoms with Crippen LogP contribution in [0, 0.1) is 18.8 Å². The number of hydrogen-bond acceptors (Lipinski definition) is 8. The molecule has 26 heavy (non-hydrogen) atoms. The predicted molar refractivity (Wildman–Crippen MR) is 90.8 cm³/mol. The van der Waals surface area contributed by atoms with Gasteiger partial charge in [0.1, 0.15) is 9.88 Å². The highest BCUT2D eigenvalue weighted by Crippen LogP contribution is 2.36. The maximum absolute atomic E-state index is 12.6. The standard InChI is InChI=1S/C17H21NO7S/c1-8-11(16(22)24-2)14(26-12(8)17(23)25-3)18-13(19)9-6-4-5-7-10(9)15(20)21/h9-10H,4-7H2,1-3H3,(H,18,19)(H,20,21)/p-1/t9-,10-/m0/s1. The number of carbonyl (C=O) groups is 4. The monoisotopic (exact) mass is 382 g/mol. The van der Waals surface area contributed by atoms with E-state index in [0.717, 1.165) is 24.2 Å². The van der Waals surface area contributed by atoms with Crippen molar-refractivity contribution in [2.45, 2.75) is 32.6 Å². The molecular weight excluding hydrogens is 362 g/mol. The molecule has 1 aromatic rings.